The van der Waals surface area contributed by atoms with Crippen LogP contribution in [0.1, 0.15) is 35.1 Å². The van der Waals surface area contributed by atoms with Crippen molar-refractivity contribution >= 4 is 23.1 Å². The fraction of sp³-hybridized carbons (Fsp3) is 0.750. The van der Waals surface area contributed by atoms with Gasteiger partial charge in [-0.1, -0.05) is 0 Å². The lowest BCUT2D eigenvalue weighted by Gasteiger charge is -2.21. The lowest BCUT2D eigenvalue weighted by atomic mass is 10.0. The van der Waals surface area contributed by atoms with Crippen molar-refractivity contribution in [3.05, 3.63) is 16.1 Å². The van der Waals surface area contributed by atoms with Gasteiger partial charge in [0.25, 0.3) is 0 Å². The van der Waals surface area contributed by atoms with Gasteiger partial charge in [-0.25, -0.2) is 4.98 Å². The summed E-state index contributed by atoms with van der Waals surface area (Å²) < 4.78 is 0. The average Bonchev–Trinajstić information content (AvgIpc) is 2.91. The Morgan fingerprint density at radius 2 is 2.41 bits per heavy atom. The molecular weight excluding hydrogens is 252 g/mol. The lowest BCUT2D eigenvalue weighted by molar-refractivity contribution is 0.0675. The Kier molecular flexibility index (Phi) is 3.43. The van der Waals surface area contributed by atoms with Gasteiger partial charge in [0.15, 0.2) is 0 Å². The first-order valence-electron chi connectivity index (χ1n) is 6.21. The van der Waals surface area contributed by atoms with Gasteiger partial charge in [0.05, 0.1) is 10.6 Å². The summed E-state index contributed by atoms with van der Waals surface area (Å²) in [7, 11) is 0. The minimum Gasteiger partial charge on any atom is -0.388 e. The number of aromatic nitrogens is 1. The Morgan fingerprint density at radius 3 is 3.12 bits per heavy atom. The molecule has 94 valence electrons. The predicted octanol–water partition coefficient (Wildman–Crippen LogP) is 1.98. The van der Waals surface area contributed by atoms with Crippen LogP contribution in [0.4, 0.5) is 0 Å². The standard InChI is InChI=1S/C12H18N2OS2/c15-12(3-4-16-8-12)7-13-5-10-6-14-11(17-10)9-1-2-9/h6,9,13,15H,1-5,7-8H2. The van der Waals surface area contributed by atoms with Gasteiger partial charge in [-0.2, -0.15) is 11.8 Å². The summed E-state index contributed by atoms with van der Waals surface area (Å²) in [6.45, 7) is 1.55. The highest BCUT2D eigenvalue weighted by Crippen LogP contribution is 2.41. The van der Waals surface area contributed by atoms with E-state index in [1.54, 1.807) is 0 Å². The van der Waals surface area contributed by atoms with Crippen LogP contribution in [0.25, 0.3) is 0 Å². The van der Waals surface area contributed by atoms with Crippen LogP contribution in [-0.4, -0.2) is 33.7 Å². The maximum atomic E-state index is 10.2. The second-order valence-electron chi connectivity index (χ2n) is 5.07. The van der Waals surface area contributed by atoms with Crippen LogP contribution in [0.2, 0.25) is 0 Å². The Hall–Kier alpha value is -0.100. The number of aliphatic hydroxyl groups is 1. The van der Waals surface area contributed by atoms with Crippen molar-refractivity contribution in [2.75, 3.05) is 18.1 Å². The summed E-state index contributed by atoms with van der Waals surface area (Å²) in [6.07, 6.45) is 5.54. The van der Waals surface area contributed by atoms with Gasteiger partial charge >= 0.3 is 0 Å². The van der Waals surface area contributed by atoms with Crippen molar-refractivity contribution in [1.29, 1.82) is 0 Å². The highest BCUT2D eigenvalue weighted by atomic mass is 32.2. The SMILES string of the molecule is OC1(CNCc2cnc(C3CC3)s2)CCSC1. The molecule has 17 heavy (non-hydrogen) atoms. The summed E-state index contributed by atoms with van der Waals surface area (Å²) in [5, 5.41) is 14.8. The summed E-state index contributed by atoms with van der Waals surface area (Å²) in [4.78, 5) is 5.75. The zero-order valence-corrected chi connectivity index (χ0v) is 11.4. The van der Waals surface area contributed by atoms with E-state index in [0.29, 0.717) is 6.54 Å². The zero-order valence-electron chi connectivity index (χ0n) is 9.82. The third-order valence-corrected chi connectivity index (χ3v) is 5.73. The van der Waals surface area contributed by atoms with Crippen LogP contribution in [0.5, 0.6) is 0 Å². The Labute approximate surface area is 110 Å². The van der Waals surface area contributed by atoms with Gasteiger partial charge < -0.3 is 10.4 Å². The molecule has 1 aromatic heterocycles. The Balaban J connectivity index is 1.46. The highest BCUT2D eigenvalue weighted by Gasteiger charge is 2.31. The minimum atomic E-state index is -0.478. The largest absolute Gasteiger partial charge is 0.388 e. The molecule has 2 heterocycles. The monoisotopic (exact) mass is 270 g/mol. The van der Waals surface area contributed by atoms with Gasteiger partial charge in [-0.15, -0.1) is 11.3 Å². The number of hydrogen-bond acceptors (Lipinski definition) is 5. The normalized spacial score (nSPS) is 28.8. The van der Waals surface area contributed by atoms with Crippen LogP contribution < -0.4 is 5.32 Å². The first-order valence-corrected chi connectivity index (χ1v) is 8.18. The van der Waals surface area contributed by atoms with Gasteiger partial charge in [0.1, 0.15) is 0 Å². The van der Waals surface area contributed by atoms with Crippen LogP contribution in [0.15, 0.2) is 6.20 Å². The fourth-order valence-corrected chi connectivity index (χ4v) is 4.43. The average molecular weight is 270 g/mol. The van der Waals surface area contributed by atoms with E-state index in [1.807, 2.05) is 29.3 Å². The molecule has 1 saturated carbocycles. The van der Waals surface area contributed by atoms with E-state index < -0.39 is 5.60 Å². The van der Waals surface area contributed by atoms with Gasteiger partial charge in [0.2, 0.25) is 0 Å². The van der Waals surface area contributed by atoms with Crippen LogP contribution in [0.3, 0.4) is 0 Å². The molecule has 1 atom stereocenters. The van der Waals surface area contributed by atoms with Crippen LogP contribution in [0, 0.1) is 0 Å². The molecule has 2 fully saturated rings. The first-order chi connectivity index (χ1) is 8.25. The molecule has 0 amide bonds. The maximum absolute atomic E-state index is 10.2. The summed E-state index contributed by atoms with van der Waals surface area (Å²) in [5.41, 5.74) is -0.478. The summed E-state index contributed by atoms with van der Waals surface area (Å²) >= 11 is 3.67. The number of nitrogens with zero attached hydrogens (tertiary/aromatic N) is 1. The second kappa shape index (κ2) is 4.88. The quantitative estimate of drug-likeness (QED) is 0.859. The number of thioether (sulfide) groups is 1. The molecule has 0 spiro atoms. The molecule has 2 N–H and O–H groups in total. The third kappa shape index (κ3) is 3.02. The van der Waals surface area contributed by atoms with E-state index in [2.05, 4.69) is 10.3 Å². The van der Waals surface area contributed by atoms with Crippen molar-refractivity contribution in [3.63, 3.8) is 0 Å². The molecule has 2 aliphatic rings. The van der Waals surface area contributed by atoms with E-state index in [9.17, 15) is 5.11 Å². The molecule has 3 nitrogen and oxygen atoms in total. The Morgan fingerprint density at radius 1 is 1.53 bits per heavy atom. The van der Waals surface area contributed by atoms with E-state index in [4.69, 9.17) is 0 Å². The van der Waals surface area contributed by atoms with Crippen molar-refractivity contribution in [1.82, 2.24) is 10.3 Å². The van der Waals surface area contributed by atoms with E-state index in [-0.39, 0.29) is 0 Å². The number of thiazole rings is 1. The maximum Gasteiger partial charge on any atom is 0.0959 e. The lowest BCUT2D eigenvalue weighted by Crippen LogP contribution is -2.40. The van der Waals surface area contributed by atoms with E-state index in [1.165, 1.54) is 22.7 Å². The molecule has 1 unspecified atom stereocenters. The van der Waals surface area contributed by atoms with Crippen molar-refractivity contribution in [2.24, 2.45) is 0 Å². The Bertz CT molecular complexity index is 384. The van der Waals surface area contributed by atoms with Crippen molar-refractivity contribution < 1.29 is 5.11 Å². The second-order valence-corrected chi connectivity index (χ2v) is 7.32. The number of nitrogens with one attached hydrogen (secondary N) is 1. The molecule has 1 saturated heterocycles. The van der Waals surface area contributed by atoms with Gasteiger partial charge in [0, 0.05) is 35.8 Å². The molecule has 0 bridgehead atoms. The van der Waals surface area contributed by atoms with Gasteiger partial charge in [-0.05, 0) is 25.0 Å². The fourth-order valence-electron chi connectivity index (χ4n) is 2.08. The van der Waals surface area contributed by atoms with Gasteiger partial charge in [-0.3, -0.25) is 0 Å². The molecule has 1 aliphatic heterocycles. The molecule has 1 aromatic rings. The minimum absolute atomic E-state index is 0.478. The van der Waals surface area contributed by atoms with E-state index >= 15 is 0 Å². The van der Waals surface area contributed by atoms with Crippen LogP contribution in [-0.2, 0) is 6.54 Å². The zero-order chi connectivity index (χ0) is 11.7. The van der Waals surface area contributed by atoms with Crippen molar-refractivity contribution in [2.45, 2.75) is 37.3 Å². The number of hydrogen-bond donors (Lipinski definition) is 2. The predicted molar refractivity (Wildman–Crippen MR) is 72.7 cm³/mol. The smallest absolute Gasteiger partial charge is 0.0959 e. The van der Waals surface area contributed by atoms with Crippen LogP contribution >= 0.6 is 23.1 Å². The molecular formula is C12H18N2OS2. The third-order valence-electron chi connectivity index (χ3n) is 3.33. The molecule has 3 rings (SSSR count). The summed E-state index contributed by atoms with van der Waals surface area (Å²) in [6, 6.07) is 0. The topological polar surface area (TPSA) is 45.1 Å². The molecule has 5 heteroatoms. The highest BCUT2D eigenvalue weighted by molar-refractivity contribution is 7.99. The first kappa shape index (κ1) is 12.0. The van der Waals surface area contributed by atoms with E-state index in [0.717, 1.165) is 30.4 Å². The molecule has 0 radical (unpaired) electrons. The molecule has 0 aromatic carbocycles. The number of rotatable bonds is 5. The van der Waals surface area contributed by atoms with Crippen molar-refractivity contribution in [3.8, 4) is 0 Å². The summed E-state index contributed by atoms with van der Waals surface area (Å²) in [5.74, 6) is 2.71. The molecule has 1 aliphatic carbocycles.